The van der Waals surface area contributed by atoms with E-state index in [0.29, 0.717) is 9.30 Å². The summed E-state index contributed by atoms with van der Waals surface area (Å²) < 4.78 is 14.2. The Morgan fingerprint density at radius 3 is 2.50 bits per heavy atom. The van der Waals surface area contributed by atoms with E-state index in [0.717, 1.165) is 18.4 Å². The zero-order chi connectivity index (χ0) is 12.3. The molecule has 0 bridgehead atoms. The maximum absolute atomic E-state index is 13.7. The predicted octanol–water partition coefficient (Wildman–Crippen LogP) is 5.33. The summed E-state index contributed by atoms with van der Waals surface area (Å²) in [7, 11) is 0. The number of halogens is 3. The molecule has 0 amide bonds. The Bertz CT molecular complexity index is 355. The van der Waals surface area contributed by atoms with Gasteiger partial charge in [-0.05, 0) is 45.8 Å². The van der Waals surface area contributed by atoms with Crippen molar-refractivity contribution in [3.63, 3.8) is 0 Å². The normalized spacial score (nSPS) is 13.9. The molecule has 1 rings (SSSR count). The second-order valence-electron chi connectivity index (χ2n) is 5.09. The number of hydrogen-bond acceptors (Lipinski definition) is 0. The number of rotatable bonds is 3. The second kappa shape index (κ2) is 5.63. The summed E-state index contributed by atoms with van der Waals surface area (Å²) >= 11 is 6.87. The highest BCUT2D eigenvalue weighted by Crippen LogP contribution is 2.30. The first-order valence-corrected chi connectivity index (χ1v) is 7.10. The van der Waals surface area contributed by atoms with Gasteiger partial charge in [-0.1, -0.05) is 48.8 Å². The van der Waals surface area contributed by atoms with Gasteiger partial charge in [-0.3, -0.25) is 0 Å². The van der Waals surface area contributed by atoms with Crippen molar-refractivity contribution in [3.8, 4) is 0 Å². The standard InChI is InChI=1S/C13H17Br2F/c1-13(2,3)11(15)8-7-9-5-4-6-10(14)12(9)16/h4-6,11H,7-8H2,1-3H3. The van der Waals surface area contributed by atoms with Gasteiger partial charge in [0.2, 0.25) is 0 Å². The molecule has 0 heterocycles. The molecule has 0 spiro atoms. The van der Waals surface area contributed by atoms with Crippen LogP contribution in [0.5, 0.6) is 0 Å². The molecule has 0 nitrogen and oxygen atoms in total. The van der Waals surface area contributed by atoms with Crippen LogP contribution < -0.4 is 0 Å². The largest absolute Gasteiger partial charge is 0.205 e. The predicted molar refractivity (Wildman–Crippen MR) is 74.6 cm³/mol. The molecule has 0 fully saturated rings. The third kappa shape index (κ3) is 3.85. The summed E-state index contributed by atoms with van der Waals surface area (Å²) in [6.07, 6.45) is 1.70. The Morgan fingerprint density at radius 2 is 1.94 bits per heavy atom. The summed E-state index contributed by atoms with van der Waals surface area (Å²) in [5.41, 5.74) is 0.991. The van der Waals surface area contributed by atoms with Crippen LogP contribution in [0.25, 0.3) is 0 Å². The Hall–Kier alpha value is 0.110. The van der Waals surface area contributed by atoms with Gasteiger partial charge in [-0.15, -0.1) is 0 Å². The number of aryl methyl sites for hydroxylation is 1. The minimum Gasteiger partial charge on any atom is -0.205 e. The van der Waals surface area contributed by atoms with Crippen LogP contribution in [0.4, 0.5) is 4.39 Å². The quantitative estimate of drug-likeness (QED) is 0.645. The summed E-state index contributed by atoms with van der Waals surface area (Å²) in [5.74, 6) is -0.129. The average molecular weight is 352 g/mol. The van der Waals surface area contributed by atoms with Gasteiger partial charge in [0.1, 0.15) is 5.82 Å². The Morgan fingerprint density at radius 1 is 1.31 bits per heavy atom. The first-order chi connectivity index (χ1) is 7.32. The van der Waals surface area contributed by atoms with Crippen molar-refractivity contribution in [2.45, 2.75) is 38.4 Å². The zero-order valence-electron chi connectivity index (χ0n) is 9.86. The van der Waals surface area contributed by atoms with E-state index in [4.69, 9.17) is 0 Å². The van der Waals surface area contributed by atoms with Crippen molar-refractivity contribution >= 4 is 31.9 Å². The molecule has 90 valence electrons. The SMILES string of the molecule is CC(C)(C)C(Br)CCc1cccc(Br)c1F. The fourth-order valence-electron chi connectivity index (χ4n) is 1.46. The smallest absolute Gasteiger partial charge is 0.140 e. The Labute approximate surface area is 114 Å². The molecule has 0 aromatic heterocycles. The topological polar surface area (TPSA) is 0 Å². The van der Waals surface area contributed by atoms with Gasteiger partial charge in [-0.2, -0.15) is 0 Å². The third-order valence-electron chi connectivity index (χ3n) is 2.64. The van der Waals surface area contributed by atoms with Gasteiger partial charge in [0.25, 0.3) is 0 Å². The van der Waals surface area contributed by atoms with E-state index in [1.165, 1.54) is 0 Å². The molecule has 0 radical (unpaired) electrons. The van der Waals surface area contributed by atoms with E-state index < -0.39 is 0 Å². The number of benzene rings is 1. The van der Waals surface area contributed by atoms with E-state index in [1.54, 1.807) is 6.07 Å². The lowest BCUT2D eigenvalue weighted by molar-refractivity contribution is 0.384. The van der Waals surface area contributed by atoms with Crippen molar-refractivity contribution in [2.24, 2.45) is 5.41 Å². The zero-order valence-corrected chi connectivity index (χ0v) is 13.0. The molecule has 1 unspecified atom stereocenters. The van der Waals surface area contributed by atoms with Crippen molar-refractivity contribution in [1.82, 2.24) is 0 Å². The van der Waals surface area contributed by atoms with E-state index in [9.17, 15) is 4.39 Å². The van der Waals surface area contributed by atoms with Crippen LogP contribution in [0.3, 0.4) is 0 Å². The van der Waals surface area contributed by atoms with Crippen LogP contribution in [-0.2, 0) is 6.42 Å². The fraction of sp³-hybridized carbons (Fsp3) is 0.538. The molecular formula is C13H17Br2F. The summed E-state index contributed by atoms with van der Waals surface area (Å²) in [4.78, 5) is 0.401. The molecule has 1 atom stereocenters. The summed E-state index contributed by atoms with van der Waals surface area (Å²) in [5, 5.41) is 0. The molecule has 0 aliphatic rings. The highest BCUT2D eigenvalue weighted by Gasteiger charge is 2.21. The Balaban J connectivity index is 2.65. The van der Waals surface area contributed by atoms with Crippen molar-refractivity contribution in [1.29, 1.82) is 0 Å². The molecule has 0 aliphatic carbocycles. The van der Waals surface area contributed by atoms with Crippen LogP contribution in [0.2, 0.25) is 0 Å². The van der Waals surface area contributed by atoms with Crippen LogP contribution in [-0.4, -0.2) is 4.83 Å². The molecule has 0 saturated carbocycles. The van der Waals surface area contributed by atoms with Gasteiger partial charge in [0.05, 0.1) is 4.47 Å². The minimum absolute atomic E-state index is 0.129. The van der Waals surface area contributed by atoms with E-state index >= 15 is 0 Å². The fourth-order valence-corrected chi connectivity index (χ4v) is 2.09. The van der Waals surface area contributed by atoms with Gasteiger partial charge >= 0.3 is 0 Å². The van der Waals surface area contributed by atoms with Gasteiger partial charge in [-0.25, -0.2) is 4.39 Å². The molecular weight excluding hydrogens is 335 g/mol. The average Bonchev–Trinajstić information content (AvgIpc) is 2.18. The molecule has 0 aliphatic heterocycles. The summed E-state index contributed by atoms with van der Waals surface area (Å²) in [6, 6.07) is 5.46. The highest BCUT2D eigenvalue weighted by atomic mass is 79.9. The van der Waals surface area contributed by atoms with Gasteiger partial charge < -0.3 is 0 Å². The maximum atomic E-state index is 13.7. The van der Waals surface area contributed by atoms with Crippen molar-refractivity contribution in [2.75, 3.05) is 0 Å². The summed E-state index contributed by atoms with van der Waals surface area (Å²) in [6.45, 7) is 6.55. The molecule has 1 aromatic rings. The van der Waals surface area contributed by atoms with E-state index in [1.807, 2.05) is 12.1 Å². The van der Waals surface area contributed by atoms with Crippen LogP contribution in [0.1, 0.15) is 32.8 Å². The highest BCUT2D eigenvalue weighted by molar-refractivity contribution is 9.10. The molecule has 0 saturated heterocycles. The molecule has 1 aromatic carbocycles. The second-order valence-corrected chi connectivity index (χ2v) is 7.04. The van der Waals surface area contributed by atoms with Crippen molar-refractivity contribution < 1.29 is 4.39 Å². The molecule has 3 heteroatoms. The monoisotopic (exact) mass is 350 g/mol. The van der Waals surface area contributed by atoms with Gasteiger partial charge in [0.15, 0.2) is 0 Å². The lowest BCUT2D eigenvalue weighted by Gasteiger charge is -2.25. The van der Waals surface area contributed by atoms with E-state index in [-0.39, 0.29) is 11.2 Å². The molecule has 16 heavy (non-hydrogen) atoms. The van der Waals surface area contributed by atoms with E-state index in [2.05, 4.69) is 52.6 Å². The van der Waals surface area contributed by atoms with Crippen molar-refractivity contribution in [3.05, 3.63) is 34.1 Å². The molecule has 0 N–H and O–H groups in total. The third-order valence-corrected chi connectivity index (χ3v) is 5.08. The Kier molecular flexibility index (Phi) is 4.99. The number of alkyl halides is 1. The van der Waals surface area contributed by atoms with Crippen LogP contribution >= 0.6 is 31.9 Å². The lowest BCUT2D eigenvalue weighted by atomic mass is 9.89. The maximum Gasteiger partial charge on any atom is 0.140 e. The first kappa shape index (κ1) is 14.2. The minimum atomic E-state index is -0.129. The van der Waals surface area contributed by atoms with Crippen LogP contribution in [0.15, 0.2) is 22.7 Å². The first-order valence-electron chi connectivity index (χ1n) is 5.39. The van der Waals surface area contributed by atoms with Crippen LogP contribution in [0, 0.1) is 11.2 Å². The number of hydrogen-bond donors (Lipinski definition) is 0. The lowest BCUT2D eigenvalue weighted by Crippen LogP contribution is -2.20. The van der Waals surface area contributed by atoms with Gasteiger partial charge in [0, 0.05) is 4.83 Å².